The predicted octanol–water partition coefficient (Wildman–Crippen LogP) is 1.71. The smallest absolute Gasteiger partial charge is 0.146 e. The van der Waals surface area contributed by atoms with Crippen molar-refractivity contribution in [1.82, 2.24) is 9.80 Å². The van der Waals surface area contributed by atoms with E-state index in [4.69, 9.17) is 3.21 Å². The molecular formula is C12H14IN3. The second-order valence-electron chi connectivity index (χ2n) is 4.12. The van der Waals surface area contributed by atoms with Gasteiger partial charge in [0.05, 0.1) is 3.63 Å². The molecule has 1 aromatic rings. The van der Waals surface area contributed by atoms with Crippen molar-refractivity contribution >= 4 is 30.5 Å². The minimum Gasteiger partial charge on any atom is -0.321 e. The molecule has 2 aliphatic rings. The van der Waals surface area contributed by atoms with Crippen molar-refractivity contribution in [2.45, 2.75) is 0 Å². The summed E-state index contributed by atoms with van der Waals surface area (Å²) in [5.41, 5.74) is 1.27. The fourth-order valence-electron chi connectivity index (χ4n) is 2.00. The quantitative estimate of drug-likeness (QED) is 0.732. The van der Waals surface area contributed by atoms with Crippen LogP contribution in [0, 0.1) is 0 Å². The molecule has 0 spiro atoms. The van der Waals surface area contributed by atoms with E-state index in [1.54, 1.807) is 3.63 Å². The molecule has 0 N–H and O–H groups in total. The molecule has 0 unspecified atom stereocenters. The average Bonchev–Trinajstić information content (AvgIpc) is 2.73. The monoisotopic (exact) mass is 327 g/mol. The molecule has 1 aromatic carbocycles. The van der Waals surface area contributed by atoms with Crippen LogP contribution in [0.15, 0.2) is 33.5 Å². The van der Waals surface area contributed by atoms with Crippen LogP contribution < -0.4 is 0 Å². The Kier molecular flexibility index (Phi) is 2.77. The number of benzene rings is 1. The molecule has 3 rings (SSSR count). The molecule has 0 atom stereocenters. The summed E-state index contributed by atoms with van der Waals surface area (Å²) in [4.78, 5) is 4.82. The molecule has 1 saturated heterocycles. The maximum absolute atomic E-state index is 4.77. The summed E-state index contributed by atoms with van der Waals surface area (Å²) in [5, 5.41) is 0. The fourth-order valence-corrected chi connectivity index (χ4v) is 4.51. The lowest BCUT2D eigenvalue weighted by Gasteiger charge is -2.33. The third kappa shape index (κ3) is 1.80. The number of likely N-dealkylation sites (N-methyl/N-ethyl adjacent to an activating group) is 1. The topological polar surface area (TPSA) is 18.8 Å². The molecule has 84 valence electrons. The van der Waals surface area contributed by atoms with Gasteiger partial charge in [0.25, 0.3) is 0 Å². The van der Waals surface area contributed by atoms with Gasteiger partial charge in [0.15, 0.2) is 0 Å². The van der Waals surface area contributed by atoms with E-state index in [1.165, 1.54) is 11.4 Å². The van der Waals surface area contributed by atoms with Crippen LogP contribution in [-0.4, -0.2) is 46.0 Å². The van der Waals surface area contributed by atoms with Gasteiger partial charge in [0.2, 0.25) is 0 Å². The Bertz CT molecular complexity index is 453. The molecule has 3 nitrogen and oxygen atoms in total. The minimum atomic E-state index is -0.123. The summed E-state index contributed by atoms with van der Waals surface area (Å²) >= 11 is -0.123. The second kappa shape index (κ2) is 4.25. The van der Waals surface area contributed by atoms with Gasteiger partial charge in [-0.25, -0.2) is 3.21 Å². The van der Waals surface area contributed by atoms with Gasteiger partial charge in [-0.3, -0.25) is 4.90 Å². The SMILES string of the molecule is CN1CCN2C(c3ccccc3)=NI=C2C1. The molecule has 0 aliphatic carbocycles. The van der Waals surface area contributed by atoms with Gasteiger partial charge in [0.1, 0.15) is 5.84 Å². The maximum Gasteiger partial charge on any atom is 0.146 e. The number of amidine groups is 1. The van der Waals surface area contributed by atoms with Crippen molar-refractivity contribution in [3.63, 3.8) is 0 Å². The van der Waals surface area contributed by atoms with Crippen LogP contribution in [0.3, 0.4) is 0 Å². The summed E-state index contributed by atoms with van der Waals surface area (Å²) in [7, 11) is 2.19. The molecule has 0 saturated carbocycles. The number of hydrogen-bond acceptors (Lipinski definition) is 3. The fraction of sp³-hybridized carbons (Fsp3) is 0.333. The van der Waals surface area contributed by atoms with Crippen LogP contribution in [0.5, 0.6) is 0 Å². The molecular weight excluding hydrogens is 313 g/mol. The van der Waals surface area contributed by atoms with Gasteiger partial charge in [0, 0.05) is 46.2 Å². The number of piperazine rings is 1. The van der Waals surface area contributed by atoms with E-state index in [9.17, 15) is 0 Å². The highest BCUT2D eigenvalue weighted by Gasteiger charge is 2.27. The summed E-state index contributed by atoms with van der Waals surface area (Å²) in [6.07, 6.45) is 0. The highest BCUT2D eigenvalue weighted by Crippen LogP contribution is 2.24. The zero-order chi connectivity index (χ0) is 11.0. The van der Waals surface area contributed by atoms with Crippen molar-refractivity contribution in [1.29, 1.82) is 0 Å². The van der Waals surface area contributed by atoms with E-state index >= 15 is 0 Å². The number of fused-ring (bicyclic) bond motifs is 1. The lowest BCUT2D eigenvalue weighted by Crippen LogP contribution is -2.49. The standard InChI is InChI=1S/C12H14IN3/c1-15-7-8-16-11(9-15)13-14-12(16)10-5-3-2-4-6-10/h2-6H,7-9H2,1H3. The molecule has 0 amide bonds. The van der Waals surface area contributed by atoms with E-state index in [1.807, 2.05) is 0 Å². The number of rotatable bonds is 1. The van der Waals surface area contributed by atoms with Crippen molar-refractivity contribution in [3.05, 3.63) is 35.9 Å². The molecule has 0 aromatic heterocycles. The minimum absolute atomic E-state index is 0.123. The molecule has 4 heteroatoms. The first-order valence-corrected chi connectivity index (χ1v) is 7.48. The number of halogens is 1. The molecule has 1 fully saturated rings. The predicted molar refractivity (Wildman–Crippen MR) is 76.2 cm³/mol. The largest absolute Gasteiger partial charge is 0.321 e. The van der Waals surface area contributed by atoms with Crippen molar-refractivity contribution < 1.29 is 0 Å². The molecule has 2 heterocycles. The third-order valence-electron chi connectivity index (χ3n) is 2.91. The van der Waals surface area contributed by atoms with Crippen LogP contribution in [0.4, 0.5) is 0 Å². The van der Waals surface area contributed by atoms with Gasteiger partial charge in [-0.05, 0) is 7.05 Å². The van der Waals surface area contributed by atoms with E-state index in [-0.39, 0.29) is 21.0 Å². The van der Waals surface area contributed by atoms with E-state index in [0.717, 1.165) is 19.6 Å². The zero-order valence-corrected chi connectivity index (χ0v) is 11.4. The van der Waals surface area contributed by atoms with Crippen LogP contribution in [0.25, 0.3) is 0 Å². The van der Waals surface area contributed by atoms with Crippen LogP contribution >= 0.6 is 21.0 Å². The Morgan fingerprint density at radius 2 is 2.00 bits per heavy atom. The first-order valence-electron chi connectivity index (χ1n) is 5.44. The Morgan fingerprint density at radius 1 is 1.19 bits per heavy atom. The van der Waals surface area contributed by atoms with E-state index < -0.39 is 0 Å². The lowest BCUT2D eigenvalue weighted by atomic mass is 10.2. The normalized spacial score (nSPS) is 20.9. The Morgan fingerprint density at radius 3 is 2.81 bits per heavy atom. The highest BCUT2D eigenvalue weighted by molar-refractivity contribution is 14.2. The average molecular weight is 327 g/mol. The van der Waals surface area contributed by atoms with Gasteiger partial charge < -0.3 is 4.90 Å². The van der Waals surface area contributed by atoms with Crippen molar-refractivity contribution in [2.24, 2.45) is 3.21 Å². The Hall–Kier alpha value is -0.750. The van der Waals surface area contributed by atoms with Gasteiger partial charge >= 0.3 is 0 Å². The first kappa shape index (κ1) is 10.4. The lowest BCUT2D eigenvalue weighted by molar-refractivity contribution is 0.320. The second-order valence-corrected chi connectivity index (χ2v) is 6.33. The Balaban J connectivity index is 1.87. The number of nitrogens with zero attached hydrogens (tertiary/aromatic N) is 3. The molecule has 2 aliphatic heterocycles. The molecule has 0 radical (unpaired) electrons. The summed E-state index contributed by atoms with van der Waals surface area (Å²) < 4.78 is 6.32. The van der Waals surface area contributed by atoms with Gasteiger partial charge in [-0.1, -0.05) is 30.3 Å². The zero-order valence-electron chi connectivity index (χ0n) is 9.23. The van der Waals surface area contributed by atoms with Crippen LogP contribution in [0.1, 0.15) is 5.56 Å². The van der Waals surface area contributed by atoms with E-state index in [0.29, 0.717) is 0 Å². The van der Waals surface area contributed by atoms with Crippen LogP contribution in [0.2, 0.25) is 0 Å². The maximum atomic E-state index is 4.77. The highest BCUT2D eigenvalue weighted by atomic mass is 127. The summed E-state index contributed by atoms with van der Waals surface area (Å²) in [6, 6.07) is 10.5. The summed E-state index contributed by atoms with van der Waals surface area (Å²) in [5.74, 6) is 1.21. The Labute approximate surface area is 106 Å². The number of hydrogen-bond donors (Lipinski definition) is 0. The molecule has 0 bridgehead atoms. The van der Waals surface area contributed by atoms with Crippen molar-refractivity contribution in [3.8, 4) is 0 Å². The van der Waals surface area contributed by atoms with Gasteiger partial charge in [-0.2, -0.15) is 0 Å². The third-order valence-corrected chi connectivity index (χ3v) is 5.08. The van der Waals surface area contributed by atoms with Gasteiger partial charge in [-0.15, -0.1) is 0 Å². The first-order chi connectivity index (χ1) is 7.84. The summed E-state index contributed by atoms with van der Waals surface area (Å²) in [6.45, 7) is 3.34. The van der Waals surface area contributed by atoms with Crippen molar-refractivity contribution in [2.75, 3.05) is 26.7 Å². The van der Waals surface area contributed by atoms with E-state index in [2.05, 4.69) is 47.2 Å². The van der Waals surface area contributed by atoms with Crippen LogP contribution in [-0.2, 0) is 0 Å². The molecule has 16 heavy (non-hydrogen) atoms.